The van der Waals surface area contributed by atoms with Gasteiger partial charge in [0, 0.05) is 18.1 Å². The smallest absolute Gasteiger partial charge is 0.326 e. The van der Waals surface area contributed by atoms with Gasteiger partial charge in [-0.15, -0.1) is 0 Å². The topological polar surface area (TPSA) is 69.6 Å². The third-order valence-corrected chi connectivity index (χ3v) is 3.87. The summed E-state index contributed by atoms with van der Waals surface area (Å²) in [7, 11) is 1.64. The second-order valence-electron chi connectivity index (χ2n) is 6.03. The fraction of sp³-hybridized carbons (Fsp3) is 0.467. The van der Waals surface area contributed by atoms with Crippen LogP contribution in [0.4, 0.5) is 4.79 Å². The Kier molecular flexibility index (Phi) is 5.78. The van der Waals surface area contributed by atoms with Gasteiger partial charge in [0.15, 0.2) is 0 Å². The highest BCUT2D eigenvalue weighted by Gasteiger charge is 2.33. The van der Waals surface area contributed by atoms with E-state index in [2.05, 4.69) is 21.2 Å². The number of urea groups is 1. The van der Waals surface area contributed by atoms with E-state index in [0.717, 1.165) is 10.0 Å². The van der Waals surface area contributed by atoms with E-state index in [1.54, 1.807) is 27.8 Å². The number of nitrogens with one attached hydrogen (secondary N) is 1. The number of benzene rings is 1. The standard InChI is InChI=1S/C15H21BrN2O3/c1-15(2,3)12(13(19)20)17-14(21)18(4)9-10-7-5-6-8-11(10)16/h5-8,12H,9H2,1-4H3,(H,17,21)(H,19,20)/t12-/m0/s1. The van der Waals surface area contributed by atoms with Crippen LogP contribution >= 0.6 is 15.9 Å². The molecule has 6 heteroatoms. The molecule has 0 aromatic heterocycles. The molecule has 2 amide bonds. The Morgan fingerprint density at radius 3 is 2.38 bits per heavy atom. The molecule has 2 N–H and O–H groups in total. The van der Waals surface area contributed by atoms with Crippen LogP contribution in [-0.2, 0) is 11.3 Å². The molecule has 0 bridgehead atoms. The maximum Gasteiger partial charge on any atom is 0.326 e. The molecule has 0 aliphatic carbocycles. The van der Waals surface area contributed by atoms with Gasteiger partial charge in [0.2, 0.25) is 0 Å². The zero-order chi connectivity index (χ0) is 16.2. The number of nitrogens with zero attached hydrogens (tertiary/aromatic N) is 1. The quantitative estimate of drug-likeness (QED) is 0.870. The molecule has 1 aromatic carbocycles. The SMILES string of the molecule is CN(Cc1ccccc1Br)C(=O)N[C@@H](C(=O)O)C(C)(C)C. The number of hydrogen-bond donors (Lipinski definition) is 2. The summed E-state index contributed by atoms with van der Waals surface area (Å²) in [4.78, 5) is 24.9. The molecule has 1 atom stereocenters. The minimum atomic E-state index is -1.04. The molecule has 0 saturated carbocycles. The summed E-state index contributed by atoms with van der Waals surface area (Å²) in [5, 5.41) is 11.8. The zero-order valence-electron chi connectivity index (χ0n) is 12.7. The van der Waals surface area contributed by atoms with Crippen LogP contribution in [0.1, 0.15) is 26.3 Å². The molecule has 1 rings (SSSR count). The summed E-state index contributed by atoms with van der Waals surface area (Å²) in [5.41, 5.74) is 0.396. The second kappa shape index (κ2) is 6.93. The van der Waals surface area contributed by atoms with E-state index in [-0.39, 0.29) is 0 Å². The molecule has 1 aromatic rings. The minimum Gasteiger partial charge on any atom is -0.480 e. The molecule has 0 fully saturated rings. The molecule has 0 spiro atoms. The van der Waals surface area contributed by atoms with Gasteiger partial charge in [-0.25, -0.2) is 9.59 Å². The minimum absolute atomic E-state index is 0.393. The summed E-state index contributed by atoms with van der Waals surface area (Å²) in [6.07, 6.45) is 0. The van der Waals surface area contributed by atoms with Crippen molar-refractivity contribution in [2.24, 2.45) is 5.41 Å². The van der Waals surface area contributed by atoms with E-state index in [4.69, 9.17) is 0 Å². The van der Waals surface area contributed by atoms with Crippen molar-refractivity contribution < 1.29 is 14.7 Å². The van der Waals surface area contributed by atoms with E-state index in [9.17, 15) is 14.7 Å². The van der Waals surface area contributed by atoms with Gasteiger partial charge in [-0.3, -0.25) is 0 Å². The second-order valence-corrected chi connectivity index (χ2v) is 6.89. The maximum atomic E-state index is 12.2. The highest BCUT2D eigenvalue weighted by Crippen LogP contribution is 2.20. The molecular weight excluding hydrogens is 336 g/mol. The lowest BCUT2D eigenvalue weighted by Crippen LogP contribution is -2.52. The molecule has 0 saturated heterocycles. The lowest BCUT2D eigenvalue weighted by molar-refractivity contribution is -0.142. The fourth-order valence-electron chi connectivity index (χ4n) is 1.84. The van der Waals surface area contributed by atoms with Crippen LogP contribution in [0.5, 0.6) is 0 Å². The molecular formula is C15H21BrN2O3. The number of aliphatic carboxylic acids is 1. The van der Waals surface area contributed by atoms with Gasteiger partial charge in [0.1, 0.15) is 6.04 Å². The Balaban J connectivity index is 2.75. The number of carboxylic acid groups (broad SMARTS) is 1. The van der Waals surface area contributed by atoms with Crippen LogP contribution in [0.15, 0.2) is 28.7 Å². The Hall–Kier alpha value is -1.56. The maximum absolute atomic E-state index is 12.2. The third kappa shape index (κ3) is 5.04. The molecule has 0 aliphatic rings. The Bertz CT molecular complexity index is 526. The van der Waals surface area contributed by atoms with Crippen LogP contribution < -0.4 is 5.32 Å². The predicted octanol–water partition coefficient (Wildman–Crippen LogP) is 3.09. The van der Waals surface area contributed by atoms with E-state index < -0.39 is 23.5 Å². The zero-order valence-corrected chi connectivity index (χ0v) is 14.3. The summed E-state index contributed by atoms with van der Waals surface area (Å²) >= 11 is 3.43. The number of halogens is 1. The molecule has 0 radical (unpaired) electrons. The van der Waals surface area contributed by atoms with Gasteiger partial charge in [-0.2, -0.15) is 0 Å². The van der Waals surface area contributed by atoms with Gasteiger partial charge in [0.25, 0.3) is 0 Å². The first kappa shape index (κ1) is 17.5. The van der Waals surface area contributed by atoms with Crippen molar-refractivity contribution in [3.05, 3.63) is 34.3 Å². The Morgan fingerprint density at radius 1 is 1.33 bits per heavy atom. The highest BCUT2D eigenvalue weighted by atomic mass is 79.9. The first-order valence-electron chi connectivity index (χ1n) is 6.60. The normalized spacial score (nSPS) is 12.6. The Labute approximate surface area is 133 Å². The number of hydrogen-bond acceptors (Lipinski definition) is 2. The molecule has 21 heavy (non-hydrogen) atoms. The molecule has 0 aliphatic heterocycles. The molecule has 0 unspecified atom stereocenters. The molecule has 5 nitrogen and oxygen atoms in total. The van der Waals surface area contributed by atoms with E-state index in [1.807, 2.05) is 24.3 Å². The lowest BCUT2D eigenvalue weighted by Gasteiger charge is -2.30. The van der Waals surface area contributed by atoms with E-state index in [0.29, 0.717) is 6.54 Å². The fourth-order valence-corrected chi connectivity index (χ4v) is 2.25. The largest absolute Gasteiger partial charge is 0.480 e. The number of amides is 2. The van der Waals surface area contributed by atoms with Gasteiger partial charge >= 0.3 is 12.0 Å². The number of carbonyl (C=O) groups excluding carboxylic acids is 1. The average molecular weight is 357 g/mol. The van der Waals surface area contributed by atoms with Crippen molar-refractivity contribution in [2.75, 3.05) is 7.05 Å². The number of rotatable bonds is 4. The van der Waals surface area contributed by atoms with Crippen molar-refractivity contribution in [1.29, 1.82) is 0 Å². The highest BCUT2D eigenvalue weighted by molar-refractivity contribution is 9.10. The van der Waals surface area contributed by atoms with Crippen LogP contribution in [0.2, 0.25) is 0 Å². The van der Waals surface area contributed by atoms with Gasteiger partial charge in [0.05, 0.1) is 0 Å². The van der Waals surface area contributed by atoms with Gasteiger partial charge < -0.3 is 15.3 Å². The van der Waals surface area contributed by atoms with Crippen LogP contribution in [0.25, 0.3) is 0 Å². The van der Waals surface area contributed by atoms with Gasteiger partial charge in [-0.05, 0) is 17.0 Å². The third-order valence-electron chi connectivity index (χ3n) is 3.09. The number of carbonyl (C=O) groups is 2. The average Bonchev–Trinajstić information content (AvgIpc) is 2.36. The summed E-state index contributed by atoms with van der Waals surface area (Å²) < 4.78 is 0.912. The summed E-state index contributed by atoms with van der Waals surface area (Å²) in [6, 6.07) is 6.25. The van der Waals surface area contributed by atoms with E-state index in [1.165, 1.54) is 4.90 Å². The van der Waals surface area contributed by atoms with Crippen LogP contribution in [0.3, 0.4) is 0 Å². The van der Waals surface area contributed by atoms with Crippen molar-refractivity contribution >= 4 is 27.9 Å². The monoisotopic (exact) mass is 356 g/mol. The van der Waals surface area contributed by atoms with Crippen molar-refractivity contribution in [3.8, 4) is 0 Å². The van der Waals surface area contributed by atoms with Gasteiger partial charge in [-0.1, -0.05) is 54.9 Å². The van der Waals surface area contributed by atoms with Crippen molar-refractivity contribution in [1.82, 2.24) is 10.2 Å². The summed E-state index contributed by atoms with van der Waals surface area (Å²) in [6.45, 7) is 5.73. The lowest BCUT2D eigenvalue weighted by atomic mass is 9.87. The van der Waals surface area contributed by atoms with Crippen LogP contribution in [0, 0.1) is 5.41 Å². The first-order chi connectivity index (χ1) is 9.62. The van der Waals surface area contributed by atoms with Crippen molar-refractivity contribution in [2.45, 2.75) is 33.4 Å². The predicted molar refractivity (Wildman–Crippen MR) is 85.0 cm³/mol. The van der Waals surface area contributed by atoms with Crippen LogP contribution in [-0.4, -0.2) is 35.1 Å². The first-order valence-corrected chi connectivity index (χ1v) is 7.40. The Morgan fingerprint density at radius 2 is 1.90 bits per heavy atom. The molecule has 0 heterocycles. The van der Waals surface area contributed by atoms with E-state index >= 15 is 0 Å². The molecule has 116 valence electrons. The summed E-state index contributed by atoms with van der Waals surface area (Å²) in [5.74, 6) is -1.04. The number of carboxylic acids is 1. The van der Waals surface area contributed by atoms with Crippen molar-refractivity contribution in [3.63, 3.8) is 0 Å².